The van der Waals surface area contributed by atoms with Crippen LogP contribution in [0.4, 0.5) is 5.69 Å². The Bertz CT molecular complexity index is 447. The molecule has 1 N–H and O–H groups in total. The Morgan fingerprint density at radius 1 is 1.56 bits per heavy atom. The van der Waals surface area contributed by atoms with Crippen LogP contribution in [-0.2, 0) is 6.54 Å². The summed E-state index contributed by atoms with van der Waals surface area (Å²) in [6, 6.07) is 4.62. The second kappa shape index (κ2) is 5.67. The zero-order valence-electron chi connectivity index (χ0n) is 10.4. The van der Waals surface area contributed by atoms with E-state index in [1.807, 2.05) is 0 Å². The minimum Gasteiger partial charge on any atom is -0.312 e. The Balaban J connectivity index is 1.86. The van der Waals surface area contributed by atoms with Gasteiger partial charge in [0.05, 0.1) is 9.95 Å². The van der Waals surface area contributed by atoms with Gasteiger partial charge in [-0.05, 0) is 42.9 Å². The monoisotopic (exact) mass is 268 g/mol. The number of hydrogen-bond acceptors (Lipinski definition) is 3. The fourth-order valence-electron chi connectivity index (χ4n) is 2.06. The number of nitrogens with one attached hydrogen (secondary N) is 1. The van der Waals surface area contributed by atoms with Gasteiger partial charge >= 0.3 is 0 Å². The summed E-state index contributed by atoms with van der Waals surface area (Å²) in [5, 5.41) is 14.4. The van der Waals surface area contributed by atoms with Crippen LogP contribution in [-0.4, -0.2) is 11.5 Å². The lowest BCUT2D eigenvalue weighted by Crippen LogP contribution is -2.22. The van der Waals surface area contributed by atoms with Crippen molar-refractivity contribution in [2.24, 2.45) is 11.8 Å². The first-order chi connectivity index (χ1) is 8.58. The van der Waals surface area contributed by atoms with E-state index in [0.29, 0.717) is 17.5 Å². The minimum atomic E-state index is -0.432. The standard InChI is InChI=1S/C13H17ClN2O2/c1-9(10-2-3-10)7-15-8-11-4-5-12(16(17)18)6-13(11)14/h4-6,9-10,15H,2-3,7-8H2,1H3. The third kappa shape index (κ3) is 3.43. The van der Waals surface area contributed by atoms with E-state index in [-0.39, 0.29) is 5.69 Å². The topological polar surface area (TPSA) is 55.2 Å². The van der Waals surface area contributed by atoms with E-state index in [2.05, 4.69) is 12.2 Å². The van der Waals surface area contributed by atoms with Crippen molar-refractivity contribution in [2.75, 3.05) is 6.54 Å². The molecule has 1 aliphatic carbocycles. The van der Waals surface area contributed by atoms with Gasteiger partial charge in [0.25, 0.3) is 5.69 Å². The molecule has 1 aromatic carbocycles. The summed E-state index contributed by atoms with van der Waals surface area (Å²) >= 11 is 6.02. The van der Waals surface area contributed by atoms with Gasteiger partial charge in [-0.3, -0.25) is 10.1 Å². The molecule has 5 heteroatoms. The van der Waals surface area contributed by atoms with Crippen LogP contribution >= 0.6 is 11.6 Å². The van der Waals surface area contributed by atoms with Crippen molar-refractivity contribution >= 4 is 17.3 Å². The SMILES string of the molecule is CC(CNCc1ccc([N+](=O)[O-])cc1Cl)C1CC1. The summed E-state index contributed by atoms with van der Waals surface area (Å²) in [6.45, 7) is 3.88. The van der Waals surface area contributed by atoms with Crippen molar-refractivity contribution in [3.8, 4) is 0 Å². The van der Waals surface area contributed by atoms with Crippen molar-refractivity contribution in [1.82, 2.24) is 5.32 Å². The number of non-ortho nitro benzene ring substituents is 1. The Kier molecular flexibility index (Phi) is 4.19. The molecule has 1 saturated carbocycles. The molecule has 1 fully saturated rings. The van der Waals surface area contributed by atoms with Gasteiger partial charge < -0.3 is 5.32 Å². The van der Waals surface area contributed by atoms with E-state index in [0.717, 1.165) is 18.0 Å². The molecule has 1 aliphatic rings. The van der Waals surface area contributed by atoms with E-state index >= 15 is 0 Å². The van der Waals surface area contributed by atoms with Crippen LogP contribution < -0.4 is 5.32 Å². The van der Waals surface area contributed by atoms with Crippen molar-refractivity contribution in [2.45, 2.75) is 26.3 Å². The van der Waals surface area contributed by atoms with Crippen molar-refractivity contribution in [3.63, 3.8) is 0 Å². The largest absolute Gasteiger partial charge is 0.312 e. The Labute approximate surface area is 111 Å². The van der Waals surface area contributed by atoms with Gasteiger partial charge in [0.1, 0.15) is 0 Å². The van der Waals surface area contributed by atoms with Gasteiger partial charge in [-0.15, -0.1) is 0 Å². The molecule has 0 spiro atoms. The highest BCUT2D eigenvalue weighted by molar-refractivity contribution is 6.31. The zero-order valence-corrected chi connectivity index (χ0v) is 11.1. The molecule has 4 nitrogen and oxygen atoms in total. The Hall–Kier alpha value is -1.13. The van der Waals surface area contributed by atoms with Gasteiger partial charge in [0, 0.05) is 18.7 Å². The highest BCUT2D eigenvalue weighted by Gasteiger charge is 2.27. The molecule has 98 valence electrons. The van der Waals surface area contributed by atoms with Crippen molar-refractivity contribution < 1.29 is 4.92 Å². The van der Waals surface area contributed by atoms with Gasteiger partial charge in [0.15, 0.2) is 0 Å². The number of hydrogen-bond donors (Lipinski definition) is 1. The summed E-state index contributed by atoms with van der Waals surface area (Å²) < 4.78 is 0. The lowest BCUT2D eigenvalue weighted by atomic mass is 10.1. The molecular weight excluding hydrogens is 252 g/mol. The molecule has 0 aliphatic heterocycles. The van der Waals surface area contributed by atoms with E-state index < -0.39 is 4.92 Å². The molecule has 1 atom stereocenters. The maximum absolute atomic E-state index is 10.6. The zero-order chi connectivity index (χ0) is 13.1. The molecule has 0 aromatic heterocycles. The van der Waals surface area contributed by atoms with Crippen LogP contribution in [0.1, 0.15) is 25.3 Å². The molecule has 0 radical (unpaired) electrons. The van der Waals surface area contributed by atoms with E-state index in [1.165, 1.54) is 25.0 Å². The molecule has 0 bridgehead atoms. The number of rotatable bonds is 6. The number of nitro benzene ring substituents is 1. The average molecular weight is 269 g/mol. The smallest absolute Gasteiger partial charge is 0.270 e. The van der Waals surface area contributed by atoms with Gasteiger partial charge in [-0.2, -0.15) is 0 Å². The lowest BCUT2D eigenvalue weighted by molar-refractivity contribution is -0.384. The highest BCUT2D eigenvalue weighted by Crippen LogP contribution is 2.36. The number of nitrogens with zero attached hydrogens (tertiary/aromatic N) is 1. The molecule has 1 aromatic rings. The third-order valence-electron chi connectivity index (χ3n) is 3.46. The van der Waals surface area contributed by atoms with Crippen LogP contribution in [0.2, 0.25) is 5.02 Å². The van der Waals surface area contributed by atoms with Crippen molar-refractivity contribution in [3.05, 3.63) is 38.9 Å². The summed E-state index contributed by atoms with van der Waals surface area (Å²) in [7, 11) is 0. The molecule has 0 saturated heterocycles. The summed E-state index contributed by atoms with van der Waals surface area (Å²) in [6.07, 6.45) is 2.70. The molecule has 0 amide bonds. The second-order valence-corrected chi connectivity index (χ2v) is 5.39. The number of halogens is 1. The fraction of sp³-hybridized carbons (Fsp3) is 0.538. The lowest BCUT2D eigenvalue weighted by Gasteiger charge is -2.12. The second-order valence-electron chi connectivity index (χ2n) is 4.98. The normalized spacial score (nSPS) is 16.6. The maximum atomic E-state index is 10.6. The first kappa shape index (κ1) is 13.3. The van der Waals surface area contributed by atoms with E-state index in [9.17, 15) is 10.1 Å². The Morgan fingerprint density at radius 2 is 2.28 bits per heavy atom. The predicted octanol–water partition coefficient (Wildman–Crippen LogP) is 3.38. The van der Waals surface area contributed by atoms with Crippen LogP contribution in [0.25, 0.3) is 0 Å². The quantitative estimate of drug-likeness (QED) is 0.636. The van der Waals surface area contributed by atoms with Crippen LogP contribution in [0.5, 0.6) is 0 Å². The van der Waals surface area contributed by atoms with Gasteiger partial charge in [-0.25, -0.2) is 0 Å². The predicted molar refractivity (Wildman–Crippen MR) is 71.7 cm³/mol. The summed E-state index contributed by atoms with van der Waals surface area (Å²) in [5.74, 6) is 1.58. The summed E-state index contributed by atoms with van der Waals surface area (Å²) in [4.78, 5) is 10.1. The van der Waals surface area contributed by atoms with Crippen LogP contribution in [0.15, 0.2) is 18.2 Å². The fourth-order valence-corrected chi connectivity index (χ4v) is 2.30. The first-order valence-electron chi connectivity index (χ1n) is 6.21. The van der Waals surface area contributed by atoms with Crippen molar-refractivity contribution in [1.29, 1.82) is 0 Å². The van der Waals surface area contributed by atoms with Gasteiger partial charge in [0.2, 0.25) is 0 Å². The molecular formula is C13H17ClN2O2. The Morgan fingerprint density at radius 3 is 2.83 bits per heavy atom. The molecule has 2 rings (SSSR count). The van der Waals surface area contributed by atoms with E-state index in [1.54, 1.807) is 6.07 Å². The first-order valence-corrected chi connectivity index (χ1v) is 6.59. The summed E-state index contributed by atoms with van der Waals surface area (Å²) in [5.41, 5.74) is 0.945. The highest BCUT2D eigenvalue weighted by atomic mass is 35.5. The molecule has 1 unspecified atom stereocenters. The van der Waals surface area contributed by atoms with Crippen LogP contribution in [0, 0.1) is 22.0 Å². The van der Waals surface area contributed by atoms with Crippen LogP contribution in [0.3, 0.4) is 0 Å². The number of nitro groups is 1. The number of benzene rings is 1. The minimum absolute atomic E-state index is 0.0371. The van der Waals surface area contributed by atoms with E-state index in [4.69, 9.17) is 11.6 Å². The molecule has 18 heavy (non-hydrogen) atoms. The third-order valence-corrected chi connectivity index (χ3v) is 3.81. The maximum Gasteiger partial charge on any atom is 0.270 e. The van der Waals surface area contributed by atoms with Gasteiger partial charge in [-0.1, -0.05) is 18.5 Å². The average Bonchev–Trinajstić information content (AvgIpc) is 3.14. The molecule has 0 heterocycles.